The molecule has 82 valence electrons. The number of amides is 1. The highest BCUT2D eigenvalue weighted by Gasteiger charge is 2.25. The van der Waals surface area contributed by atoms with Gasteiger partial charge in [-0.3, -0.25) is 4.79 Å². The molecule has 0 aromatic rings. The number of carbonyl (C=O) groups excluding carboxylic acids is 1. The molecule has 4 nitrogen and oxygen atoms in total. The molecule has 1 atom stereocenters. The average Bonchev–Trinajstić information content (AvgIpc) is 2.39. The predicted molar refractivity (Wildman–Crippen MR) is 54.9 cm³/mol. The van der Waals surface area contributed by atoms with Crippen molar-refractivity contribution in [1.82, 2.24) is 4.90 Å². The van der Waals surface area contributed by atoms with E-state index < -0.39 is 0 Å². The second kappa shape index (κ2) is 5.32. The lowest BCUT2D eigenvalue weighted by atomic mass is 10.3. The Hall–Kier alpha value is -0.610. The van der Waals surface area contributed by atoms with E-state index in [1.165, 1.54) is 0 Å². The van der Waals surface area contributed by atoms with Gasteiger partial charge in [0.05, 0.1) is 6.10 Å². The van der Waals surface area contributed by atoms with Crippen molar-refractivity contribution in [3.8, 4) is 0 Å². The van der Waals surface area contributed by atoms with Gasteiger partial charge in [0.2, 0.25) is 5.91 Å². The van der Waals surface area contributed by atoms with Crippen molar-refractivity contribution >= 4 is 5.91 Å². The molecule has 0 radical (unpaired) electrons. The van der Waals surface area contributed by atoms with Gasteiger partial charge in [-0.05, 0) is 20.3 Å². The topological polar surface area (TPSA) is 55.6 Å². The van der Waals surface area contributed by atoms with E-state index in [9.17, 15) is 4.79 Å². The minimum absolute atomic E-state index is 0.0357. The molecule has 1 saturated heterocycles. The van der Waals surface area contributed by atoms with Crippen molar-refractivity contribution in [2.45, 2.75) is 38.8 Å². The van der Waals surface area contributed by atoms with E-state index in [1.54, 1.807) is 0 Å². The summed E-state index contributed by atoms with van der Waals surface area (Å²) < 4.78 is 5.39. The molecule has 0 aliphatic carbocycles. The van der Waals surface area contributed by atoms with Crippen LogP contribution in [0.25, 0.3) is 0 Å². The predicted octanol–water partition coefficient (Wildman–Crippen LogP) is 0.361. The molecular formula is C10H20N2O2. The van der Waals surface area contributed by atoms with Gasteiger partial charge in [0, 0.05) is 32.2 Å². The Morgan fingerprint density at radius 2 is 2.36 bits per heavy atom. The first kappa shape index (κ1) is 11.5. The summed E-state index contributed by atoms with van der Waals surface area (Å²) in [6.07, 6.45) is 1.67. The summed E-state index contributed by atoms with van der Waals surface area (Å²) in [6.45, 7) is 6.23. The van der Waals surface area contributed by atoms with Crippen LogP contribution >= 0.6 is 0 Å². The number of nitrogens with zero attached hydrogens (tertiary/aromatic N) is 1. The normalized spacial score (nSPS) is 22.4. The lowest BCUT2D eigenvalue weighted by molar-refractivity contribution is -0.127. The zero-order chi connectivity index (χ0) is 10.6. The molecule has 4 heteroatoms. The zero-order valence-corrected chi connectivity index (χ0v) is 9.03. The third kappa shape index (κ3) is 3.64. The number of rotatable bonds is 5. The molecule has 0 spiro atoms. The van der Waals surface area contributed by atoms with Crippen LogP contribution in [0.4, 0.5) is 0 Å². The number of nitrogens with two attached hydrogens (primary N) is 1. The molecule has 0 bridgehead atoms. The highest BCUT2D eigenvalue weighted by atomic mass is 16.5. The average molecular weight is 200 g/mol. The number of ether oxygens (including phenoxy) is 1. The summed E-state index contributed by atoms with van der Waals surface area (Å²) >= 11 is 0. The minimum Gasteiger partial charge on any atom is -0.379 e. The Morgan fingerprint density at radius 1 is 1.64 bits per heavy atom. The number of hydrogen-bond acceptors (Lipinski definition) is 3. The summed E-state index contributed by atoms with van der Waals surface area (Å²) in [4.78, 5) is 13.1. The molecule has 0 aromatic heterocycles. The lowest BCUT2D eigenvalue weighted by Gasteiger charge is -2.16. The van der Waals surface area contributed by atoms with Crippen molar-refractivity contribution in [2.24, 2.45) is 5.73 Å². The molecule has 1 aliphatic heterocycles. The van der Waals surface area contributed by atoms with Crippen LogP contribution in [-0.2, 0) is 9.53 Å². The Morgan fingerprint density at radius 3 is 2.86 bits per heavy atom. The Bertz CT molecular complexity index is 195. The molecular weight excluding hydrogens is 180 g/mol. The van der Waals surface area contributed by atoms with Crippen LogP contribution in [0.3, 0.4) is 0 Å². The first-order chi connectivity index (χ1) is 6.59. The van der Waals surface area contributed by atoms with Gasteiger partial charge in [-0.25, -0.2) is 0 Å². The number of hydrogen-bond donors (Lipinski definition) is 1. The zero-order valence-electron chi connectivity index (χ0n) is 9.03. The molecule has 1 aliphatic rings. The monoisotopic (exact) mass is 200 g/mol. The Balaban J connectivity index is 2.10. The van der Waals surface area contributed by atoms with Gasteiger partial charge in [-0.1, -0.05) is 0 Å². The molecule has 1 rings (SSSR count). The van der Waals surface area contributed by atoms with Crippen LogP contribution in [0, 0.1) is 0 Å². The second-order valence-electron chi connectivity index (χ2n) is 4.08. The van der Waals surface area contributed by atoms with E-state index in [2.05, 4.69) is 0 Å². The summed E-state index contributed by atoms with van der Waals surface area (Å²) in [5, 5.41) is 0. The molecule has 1 heterocycles. The first-order valence-electron chi connectivity index (χ1n) is 5.24. The maximum absolute atomic E-state index is 11.3. The number of likely N-dealkylation sites (tertiary alicyclic amines) is 1. The van der Waals surface area contributed by atoms with Crippen LogP contribution in [0.2, 0.25) is 0 Å². The molecule has 1 unspecified atom stereocenters. The van der Waals surface area contributed by atoms with Crippen molar-refractivity contribution in [1.29, 1.82) is 0 Å². The van der Waals surface area contributed by atoms with E-state index >= 15 is 0 Å². The molecule has 0 aromatic carbocycles. The van der Waals surface area contributed by atoms with Gasteiger partial charge in [0.1, 0.15) is 0 Å². The molecule has 2 N–H and O–H groups in total. The van der Waals surface area contributed by atoms with Gasteiger partial charge in [0.15, 0.2) is 0 Å². The Kier molecular flexibility index (Phi) is 4.35. The van der Waals surface area contributed by atoms with Crippen LogP contribution in [-0.4, -0.2) is 42.6 Å². The van der Waals surface area contributed by atoms with Gasteiger partial charge in [-0.2, -0.15) is 0 Å². The largest absolute Gasteiger partial charge is 0.379 e. The van der Waals surface area contributed by atoms with Crippen LogP contribution in [0.1, 0.15) is 26.7 Å². The smallest absolute Gasteiger partial charge is 0.224 e. The fraction of sp³-hybridized carbons (Fsp3) is 0.900. The SMILES string of the molecule is CC(C)OCCCN1CC(N)CC1=O. The summed E-state index contributed by atoms with van der Waals surface area (Å²) in [7, 11) is 0. The van der Waals surface area contributed by atoms with Crippen molar-refractivity contribution in [2.75, 3.05) is 19.7 Å². The minimum atomic E-state index is 0.0357. The van der Waals surface area contributed by atoms with Crippen molar-refractivity contribution in [3.05, 3.63) is 0 Å². The summed E-state index contributed by atoms with van der Waals surface area (Å²) in [5.74, 6) is 0.182. The maximum Gasteiger partial charge on any atom is 0.224 e. The molecule has 0 saturated carbocycles. The quantitative estimate of drug-likeness (QED) is 0.652. The van der Waals surface area contributed by atoms with E-state index in [0.29, 0.717) is 13.0 Å². The van der Waals surface area contributed by atoms with Crippen LogP contribution in [0.5, 0.6) is 0 Å². The third-order valence-electron chi connectivity index (χ3n) is 2.27. The van der Waals surface area contributed by atoms with Gasteiger partial charge in [-0.15, -0.1) is 0 Å². The molecule has 1 amide bonds. The first-order valence-corrected chi connectivity index (χ1v) is 5.24. The van der Waals surface area contributed by atoms with Crippen LogP contribution < -0.4 is 5.73 Å². The van der Waals surface area contributed by atoms with Gasteiger partial charge < -0.3 is 15.4 Å². The summed E-state index contributed by atoms with van der Waals surface area (Å²) in [6, 6.07) is 0.0357. The lowest BCUT2D eigenvalue weighted by Crippen LogP contribution is -2.29. The fourth-order valence-corrected chi connectivity index (χ4v) is 1.59. The van der Waals surface area contributed by atoms with E-state index in [1.807, 2.05) is 18.7 Å². The number of carbonyl (C=O) groups is 1. The van der Waals surface area contributed by atoms with Crippen molar-refractivity contribution < 1.29 is 9.53 Å². The fourth-order valence-electron chi connectivity index (χ4n) is 1.59. The maximum atomic E-state index is 11.3. The van der Waals surface area contributed by atoms with Gasteiger partial charge >= 0.3 is 0 Å². The highest BCUT2D eigenvalue weighted by molar-refractivity contribution is 5.79. The van der Waals surface area contributed by atoms with Gasteiger partial charge in [0.25, 0.3) is 0 Å². The summed E-state index contributed by atoms with van der Waals surface area (Å²) in [5.41, 5.74) is 5.67. The highest BCUT2D eigenvalue weighted by Crippen LogP contribution is 2.09. The van der Waals surface area contributed by atoms with E-state index in [4.69, 9.17) is 10.5 Å². The standard InChI is InChI=1S/C10H20N2O2/c1-8(2)14-5-3-4-12-7-9(11)6-10(12)13/h8-9H,3-7,11H2,1-2H3. The van der Waals surface area contributed by atoms with Crippen molar-refractivity contribution in [3.63, 3.8) is 0 Å². The van der Waals surface area contributed by atoms with E-state index in [-0.39, 0.29) is 18.1 Å². The molecule has 14 heavy (non-hydrogen) atoms. The van der Waals surface area contributed by atoms with Crippen LogP contribution in [0.15, 0.2) is 0 Å². The second-order valence-corrected chi connectivity index (χ2v) is 4.08. The van der Waals surface area contributed by atoms with E-state index in [0.717, 1.165) is 19.6 Å². The third-order valence-corrected chi connectivity index (χ3v) is 2.27. The molecule has 1 fully saturated rings. The Labute approximate surface area is 85.4 Å².